The highest BCUT2D eigenvalue weighted by molar-refractivity contribution is 5.71. The van der Waals surface area contributed by atoms with E-state index in [0.29, 0.717) is 19.3 Å². The lowest BCUT2D eigenvalue weighted by Crippen LogP contribution is -2.30. The predicted octanol–water partition coefficient (Wildman–Crippen LogP) is 19.3. The monoisotopic (exact) mass is 919 g/mol. The predicted molar refractivity (Wildman–Crippen MR) is 280 cm³/mol. The van der Waals surface area contributed by atoms with Gasteiger partial charge in [-0.15, -0.1) is 0 Å². The number of rotatable bonds is 53. The first kappa shape index (κ1) is 63.4. The molecule has 0 fully saturated rings. The highest BCUT2D eigenvalue weighted by Gasteiger charge is 2.19. The molecule has 6 nitrogen and oxygen atoms in total. The van der Waals surface area contributed by atoms with E-state index in [0.717, 1.165) is 69.6 Å². The SMILES string of the molecule is CCCCCCCCCCCCCCCCCCCCCC(=O)OC[C@@H](COC(=O)CCCCCCCCCCCCC(C)CC)OC(=O)CCCCCCCCCCCCCC(C)C. The topological polar surface area (TPSA) is 78.9 Å². The number of carbonyl (C=O) groups is 3. The van der Waals surface area contributed by atoms with E-state index in [1.54, 1.807) is 0 Å². The molecule has 0 aliphatic carbocycles. The number of unbranched alkanes of at least 4 members (excludes halogenated alkanes) is 37. The van der Waals surface area contributed by atoms with Crippen molar-refractivity contribution in [1.29, 1.82) is 0 Å². The molecule has 6 heteroatoms. The molecular formula is C59H114O6. The van der Waals surface area contributed by atoms with Gasteiger partial charge in [-0.05, 0) is 31.1 Å². The average molecular weight is 920 g/mol. The number of esters is 3. The number of hydrogen-bond donors (Lipinski definition) is 0. The van der Waals surface area contributed by atoms with Crippen molar-refractivity contribution in [3.05, 3.63) is 0 Å². The summed E-state index contributed by atoms with van der Waals surface area (Å²) in [5.41, 5.74) is 0. The third kappa shape index (κ3) is 51.6. The normalized spacial score (nSPS) is 12.5. The zero-order chi connectivity index (χ0) is 47.5. The van der Waals surface area contributed by atoms with E-state index in [1.165, 1.54) is 218 Å². The Kier molecular flexibility index (Phi) is 50.5. The number of hydrogen-bond acceptors (Lipinski definition) is 6. The van der Waals surface area contributed by atoms with Crippen molar-refractivity contribution in [1.82, 2.24) is 0 Å². The summed E-state index contributed by atoms with van der Waals surface area (Å²) in [4.78, 5) is 38.1. The second-order valence-corrected chi connectivity index (χ2v) is 21.0. The van der Waals surface area contributed by atoms with Gasteiger partial charge in [0, 0.05) is 19.3 Å². The van der Waals surface area contributed by atoms with Gasteiger partial charge in [0.25, 0.3) is 0 Å². The summed E-state index contributed by atoms with van der Waals surface area (Å²) in [6, 6.07) is 0. The molecule has 0 amide bonds. The van der Waals surface area contributed by atoms with Crippen LogP contribution in [-0.4, -0.2) is 37.2 Å². The Morgan fingerprint density at radius 1 is 0.323 bits per heavy atom. The summed E-state index contributed by atoms with van der Waals surface area (Å²) in [5, 5.41) is 0. The molecule has 0 radical (unpaired) electrons. The van der Waals surface area contributed by atoms with Gasteiger partial charge < -0.3 is 14.2 Å². The quantitative estimate of drug-likeness (QED) is 0.0344. The lowest BCUT2D eigenvalue weighted by molar-refractivity contribution is -0.167. The molecule has 0 saturated carbocycles. The first-order valence-corrected chi connectivity index (χ1v) is 29.3. The number of ether oxygens (including phenoxy) is 3. The van der Waals surface area contributed by atoms with E-state index in [1.807, 2.05) is 0 Å². The van der Waals surface area contributed by atoms with Crippen LogP contribution in [-0.2, 0) is 28.6 Å². The molecule has 0 rings (SSSR count). The lowest BCUT2D eigenvalue weighted by Gasteiger charge is -2.18. The van der Waals surface area contributed by atoms with E-state index in [4.69, 9.17) is 14.2 Å². The van der Waals surface area contributed by atoms with Crippen molar-refractivity contribution in [2.75, 3.05) is 13.2 Å². The van der Waals surface area contributed by atoms with E-state index in [-0.39, 0.29) is 31.1 Å². The minimum Gasteiger partial charge on any atom is -0.462 e. The summed E-state index contributed by atoms with van der Waals surface area (Å²) in [6.07, 6.45) is 55.2. The molecule has 386 valence electrons. The van der Waals surface area contributed by atoms with E-state index in [2.05, 4.69) is 34.6 Å². The Hall–Kier alpha value is -1.59. The Balaban J connectivity index is 4.28. The third-order valence-electron chi connectivity index (χ3n) is 13.8. The highest BCUT2D eigenvalue weighted by atomic mass is 16.6. The van der Waals surface area contributed by atoms with Crippen LogP contribution in [0, 0.1) is 11.8 Å². The van der Waals surface area contributed by atoms with Crippen LogP contribution in [0.4, 0.5) is 0 Å². The molecule has 0 aromatic rings. The van der Waals surface area contributed by atoms with Gasteiger partial charge in [-0.1, -0.05) is 291 Å². The highest BCUT2D eigenvalue weighted by Crippen LogP contribution is 2.19. The zero-order valence-corrected chi connectivity index (χ0v) is 44.6. The molecule has 2 atom stereocenters. The molecular weight excluding hydrogens is 805 g/mol. The minimum atomic E-state index is -0.763. The van der Waals surface area contributed by atoms with Crippen LogP contribution in [0.15, 0.2) is 0 Å². The van der Waals surface area contributed by atoms with Crippen LogP contribution in [0.2, 0.25) is 0 Å². The van der Waals surface area contributed by atoms with Gasteiger partial charge in [0.2, 0.25) is 0 Å². The van der Waals surface area contributed by atoms with E-state index < -0.39 is 6.10 Å². The Bertz CT molecular complexity index is 995. The fourth-order valence-electron chi connectivity index (χ4n) is 9.02. The lowest BCUT2D eigenvalue weighted by atomic mass is 9.99. The van der Waals surface area contributed by atoms with Gasteiger partial charge >= 0.3 is 17.9 Å². The first-order chi connectivity index (χ1) is 31.8. The van der Waals surface area contributed by atoms with Crippen molar-refractivity contribution in [2.24, 2.45) is 11.8 Å². The van der Waals surface area contributed by atoms with Gasteiger partial charge in [-0.2, -0.15) is 0 Å². The van der Waals surface area contributed by atoms with Crippen LogP contribution in [0.25, 0.3) is 0 Å². The van der Waals surface area contributed by atoms with Gasteiger partial charge in [0.15, 0.2) is 6.10 Å². The molecule has 65 heavy (non-hydrogen) atoms. The van der Waals surface area contributed by atoms with Crippen molar-refractivity contribution in [3.8, 4) is 0 Å². The van der Waals surface area contributed by atoms with Crippen molar-refractivity contribution in [3.63, 3.8) is 0 Å². The standard InChI is InChI=1S/C59H114O6/c1-6-8-9-10-11-12-13-14-15-16-17-18-19-20-23-29-34-39-44-49-57(60)63-52-56(65-59(62)51-46-41-36-31-24-21-22-27-32-37-42-47-54(3)4)53-64-58(61)50-45-40-35-30-26-25-28-33-38-43-48-55(5)7-2/h54-56H,6-53H2,1-5H3/t55?,56-/m0/s1. The summed E-state index contributed by atoms with van der Waals surface area (Å²) >= 11 is 0. The van der Waals surface area contributed by atoms with Crippen LogP contribution in [0.1, 0.15) is 330 Å². The second kappa shape index (κ2) is 51.8. The molecule has 0 heterocycles. The fraction of sp³-hybridized carbons (Fsp3) is 0.949. The summed E-state index contributed by atoms with van der Waals surface area (Å²) in [6.45, 7) is 11.4. The van der Waals surface area contributed by atoms with Crippen molar-refractivity contribution >= 4 is 17.9 Å². The third-order valence-corrected chi connectivity index (χ3v) is 13.8. The smallest absolute Gasteiger partial charge is 0.306 e. The van der Waals surface area contributed by atoms with Gasteiger partial charge in [-0.3, -0.25) is 14.4 Å². The van der Waals surface area contributed by atoms with Crippen molar-refractivity contribution < 1.29 is 28.6 Å². The average Bonchev–Trinajstić information content (AvgIpc) is 3.29. The molecule has 0 aromatic heterocycles. The Labute approximate surface area is 406 Å². The van der Waals surface area contributed by atoms with Gasteiger partial charge in [-0.25, -0.2) is 0 Å². The van der Waals surface area contributed by atoms with Crippen molar-refractivity contribution in [2.45, 2.75) is 336 Å². The summed E-state index contributed by atoms with van der Waals surface area (Å²) in [5.74, 6) is 0.854. The Morgan fingerprint density at radius 3 is 0.877 bits per heavy atom. The zero-order valence-electron chi connectivity index (χ0n) is 44.6. The van der Waals surface area contributed by atoms with Crippen LogP contribution in [0.5, 0.6) is 0 Å². The van der Waals surface area contributed by atoms with Crippen LogP contribution in [0.3, 0.4) is 0 Å². The molecule has 1 unspecified atom stereocenters. The van der Waals surface area contributed by atoms with E-state index in [9.17, 15) is 14.4 Å². The summed E-state index contributed by atoms with van der Waals surface area (Å²) < 4.78 is 16.9. The summed E-state index contributed by atoms with van der Waals surface area (Å²) in [7, 11) is 0. The maximum Gasteiger partial charge on any atom is 0.306 e. The van der Waals surface area contributed by atoms with Gasteiger partial charge in [0.1, 0.15) is 13.2 Å². The molecule has 0 N–H and O–H groups in total. The molecule has 0 bridgehead atoms. The fourth-order valence-corrected chi connectivity index (χ4v) is 9.02. The van der Waals surface area contributed by atoms with Crippen LogP contribution >= 0.6 is 0 Å². The molecule has 0 spiro atoms. The molecule has 0 aliphatic heterocycles. The number of carbonyl (C=O) groups excluding carboxylic acids is 3. The van der Waals surface area contributed by atoms with Gasteiger partial charge in [0.05, 0.1) is 0 Å². The second-order valence-electron chi connectivity index (χ2n) is 21.0. The van der Waals surface area contributed by atoms with E-state index >= 15 is 0 Å². The van der Waals surface area contributed by atoms with Crippen LogP contribution < -0.4 is 0 Å². The Morgan fingerprint density at radius 2 is 0.585 bits per heavy atom. The molecule has 0 saturated heterocycles. The largest absolute Gasteiger partial charge is 0.462 e. The first-order valence-electron chi connectivity index (χ1n) is 29.3. The maximum absolute atomic E-state index is 12.8. The minimum absolute atomic E-state index is 0.0629. The molecule has 0 aliphatic rings. The maximum atomic E-state index is 12.8. The molecule has 0 aromatic carbocycles.